The topological polar surface area (TPSA) is 129 Å². The fourth-order valence-corrected chi connectivity index (χ4v) is 4.27. The molecule has 1 saturated heterocycles. The second-order valence-electron chi connectivity index (χ2n) is 7.97. The molecule has 0 bridgehead atoms. The van der Waals surface area contributed by atoms with Crippen LogP contribution in [0.15, 0.2) is 57.7 Å². The van der Waals surface area contributed by atoms with E-state index in [1.807, 2.05) is 0 Å². The Labute approximate surface area is 188 Å². The summed E-state index contributed by atoms with van der Waals surface area (Å²) in [5, 5.41) is 19.3. The van der Waals surface area contributed by atoms with E-state index in [0.717, 1.165) is 0 Å². The summed E-state index contributed by atoms with van der Waals surface area (Å²) >= 11 is 0. The summed E-state index contributed by atoms with van der Waals surface area (Å²) in [5.74, 6) is -3.26. The van der Waals surface area contributed by atoms with Gasteiger partial charge in [-0.15, -0.1) is 0 Å². The maximum Gasteiger partial charge on any atom is 0.336 e. The Bertz CT molecular complexity index is 1350. The largest absolute Gasteiger partial charge is 0.481 e. The maximum atomic E-state index is 13.0. The molecular formula is C25H20N2O6. The molecule has 2 heterocycles. The van der Waals surface area contributed by atoms with Crippen LogP contribution in [0.3, 0.4) is 0 Å². The highest BCUT2D eigenvalue weighted by molar-refractivity contribution is 6.00. The number of carboxylic acids is 1. The molecule has 166 valence electrons. The van der Waals surface area contributed by atoms with Crippen molar-refractivity contribution in [3.8, 4) is 17.2 Å². The number of aliphatic carboxylic acids is 1. The number of benzene rings is 2. The van der Waals surface area contributed by atoms with Gasteiger partial charge in [0.25, 0.3) is 0 Å². The van der Waals surface area contributed by atoms with Gasteiger partial charge >= 0.3 is 11.6 Å². The normalized spacial score (nSPS) is 16.7. The molecule has 8 nitrogen and oxygen atoms in total. The monoisotopic (exact) mass is 444 g/mol. The molecule has 1 fully saturated rings. The van der Waals surface area contributed by atoms with Crippen LogP contribution in [0.2, 0.25) is 0 Å². The van der Waals surface area contributed by atoms with Crippen LogP contribution in [0.1, 0.15) is 29.9 Å². The number of nitriles is 1. The number of rotatable bonds is 5. The third kappa shape index (κ3) is 4.26. The van der Waals surface area contributed by atoms with Crippen LogP contribution in [0.4, 0.5) is 0 Å². The van der Waals surface area contributed by atoms with Crippen molar-refractivity contribution in [3.05, 3.63) is 70.1 Å². The van der Waals surface area contributed by atoms with E-state index in [0.29, 0.717) is 53.3 Å². The number of hydrogen-bond donors (Lipinski definition) is 1. The highest BCUT2D eigenvalue weighted by Gasteiger charge is 2.32. The molecule has 1 unspecified atom stereocenters. The summed E-state index contributed by atoms with van der Waals surface area (Å²) in [6.07, 6.45) is 1.54. The molecule has 0 spiro atoms. The lowest BCUT2D eigenvalue weighted by molar-refractivity contribution is -0.146. The first-order chi connectivity index (χ1) is 15.9. The van der Waals surface area contributed by atoms with Crippen LogP contribution in [0, 0.1) is 17.2 Å². The first-order valence-corrected chi connectivity index (χ1v) is 10.5. The molecule has 1 aliphatic heterocycles. The average molecular weight is 444 g/mol. The minimum atomic E-state index is -1.15. The van der Waals surface area contributed by atoms with Crippen molar-refractivity contribution in [2.75, 3.05) is 13.1 Å². The lowest BCUT2D eigenvalue weighted by atomic mass is 9.92. The number of carbonyl (C=O) groups is 3. The Morgan fingerprint density at radius 2 is 1.97 bits per heavy atom. The van der Waals surface area contributed by atoms with Crippen LogP contribution >= 0.6 is 0 Å². The number of fused-ring (bicyclic) bond motifs is 1. The van der Waals surface area contributed by atoms with Gasteiger partial charge in [-0.1, -0.05) is 30.3 Å². The van der Waals surface area contributed by atoms with E-state index in [2.05, 4.69) is 6.07 Å². The summed E-state index contributed by atoms with van der Waals surface area (Å²) < 4.78 is 5.35. The second-order valence-corrected chi connectivity index (χ2v) is 7.97. The zero-order valence-electron chi connectivity index (χ0n) is 17.6. The van der Waals surface area contributed by atoms with Gasteiger partial charge in [0.2, 0.25) is 5.91 Å². The lowest BCUT2D eigenvalue weighted by Gasteiger charge is -2.32. The first-order valence-electron chi connectivity index (χ1n) is 10.5. The van der Waals surface area contributed by atoms with Crippen molar-refractivity contribution < 1.29 is 23.9 Å². The summed E-state index contributed by atoms with van der Waals surface area (Å²) in [6.45, 7) is 0.432. The molecule has 0 radical (unpaired) electrons. The van der Waals surface area contributed by atoms with Crippen molar-refractivity contribution in [1.29, 1.82) is 5.26 Å². The minimum Gasteiger partial charge on any atom is -0.481 e. The molecule has 1 aliphatic rings. The molecule has 0 saturated carbocycles. The third-order valence-corrected chi connectivity index (χ3v) is 5.95. The lowest BCUT2D eigenvalue weighted by Crippen LogP contribution is -2.44. The third-order valence-electron chi connectivity index (χ3n) is 5.95. The minimum absolute atomic E-state index is 0.0518. The number of likely N-dealkylation sites (tertiary alicyclic amines) is 1. The number of aldehydes is 1. The summed E-state index contributed by atoms with van der Waals surface area (Å²) in [5.41, 5.74) is 1.38. The molecule has 2 aromatic carbocycles. The number of hydrogen-bond acceptors (Lipinski definition) is 6. The van der Waals surface area contributed by atoms with Crippen molar-refractivity contribution >= 4 is 29.1 Å². The summed E-state index contributed by atoms with van der Waals surface area (Å²) in [4.78, 5) is 49.9. The van der Waals surface area contributed by atoms with Crippen molar-refractivity contribution in [3.63, 3.8) is 0 Å². The number of carboxylic acid groups (broad SMARTS) is 1. The molecule has 2 atom stereocenters. The molecule has 33 heavy (non-hydrogen) atoms. The van der Waals surface area contributed by atoms with Gasteiger partial charge in [0.15, 0.2) is 0 Å². The van der Waals surface area contributed by atoms with Crippen LogP contribution in [0.5, 0.6) is 0 Å². The molecule has 1 N–H and O–H groups in total. The van der Waals surface area contributed by atoms with Crippen molar-refractivity contribution in [1.82, 2.24) is 4.90 Å². The van der Waals surface area contributed by atoms with E-state index in [-0.39, 0.29) is 12.1 Å². The van der Waals surface area contributed by atoms with E-state index >= 15 is 0 Å². The fraction of sp³-hybridized carbons (Fsp3) is 0.240. The van der Waals surface area contributed by atoms with Crippen LogP contribution in [-0.4, -0.2) is 41.3 Å². The highest BCUT2D eigenvalue weighted by atomic mass is 16.4. The smallest absolute Gasteiger partial charge is 0.336 e. The van der Waals surface area contributed by atoms with Crippen LogP contribution in [-0.2, 0) is 14.4 Å². The number of carbonyl (C=O) groups excluding carboxylic acids is 2. The number of piperidine rings is 1. The molecule has 3 aromatic rings. The zero-order chi connectivity index (χ0) is 23.5. The Morgan fingerprint density at radius 3 is 2.70 bits per heavy atom. The Hall–Kier alpha value is -4.25. The van der Waals surface area contributed by atoms with E-state index < -0.39 is 29.3 Å². The Morgan fingerprint density at radius 1 is 1.18 bits per heavy atom. The number of nitrogens with zero attached hydrogens (tertiary/aromatic N) is 2. The average Bonchev–Trinajstić information content (AvgIpc) is 2.83. The predicted octanol–water partition coefficient (Wildman–Crippen LogP) is 2.94. The van der Waals surface area contributed by atoms with Gasteiger partial charge in [0, 0.05) is 35.7 Å². The first kappa shape index (κ1) is 22.0. The van der Waals surface area contributed by atoms with Crippen LogP contribution in [0.25, 0.3) is 22.1 Å². The fourth-order valence-electron chi connectivity index (χ4n) is 4.27. The highest BCUT2D eigenvalue weighted by Crippen LogP contribution is 2.32. The Kier molecular flexibility index (Phi) is 6.05. The van der Waals surface area contributed by atoms with Gasteiger partial charge in [-0.3, -0.25) is 9.59 Å². The van der Waals surface area contributed by atoms with Gasteiger partial charge in [0.05, 0.1) is 17.6 Å². The van der Waals surface area contributed by atoms with E-state index in [9.17, 15) is 29.5 Å². The summed E-state index contributed by atoms with van der Waals surface area (Å²) in [6, 6.07) is 15.0. The van der Waals surface area contributed by atoms with E-state index in [1.54, 1.807) is 36.4 Å². The molecule has 1 aromatic heterocycles. The second kappa shape index (κ2) is 9.09. The molecule has 1 amide bonds. The SMILES string of the molecule is N#Cc1ccccc1-c1cc(=O)oc2cc(C(C=O)C(=O)N3CCC[C@H](C(=O)O)C3)ccc12. The molecule has 8 heteroatoms. The summed E-state index contributed by atoms with van der Waals surface area (Å²) in [7, 11) is 0. The van der Waals surface area contributed by atoms with E-state index in [4.69, 9.17) is 4.42 Å². The van der Waals surface area contributed by atoms with Crippen molar-refractivity contribution in [2.24, 2.45) is 5.92 Å². The standard InChI is InChI=1S/C25H20N2O6/c26-12-16-4-1-2-6-18(16)20-11-23(29)33-22-10-15(7-8-19(20)22)21(14-28)24(30)27-9-3-5-17(13-27)25(31)32/h1-2,4,6-8,10-11,14,17,21H,3,5,9,13H2,(H,31,32)/t17-,21?/m0/s1. The predicted molar refractivity (Wildman–Crippen MR) is 118 cm³/mol. The van der Waals surface area contributed by atoms with Crippen LogP contribution < -0.4 is 5.63 Å². The van der Waals surface area contributed by atoms with Gasteiger partial charge in [-0.25, -0.2) is 4.79 Å². The van der Waals surface area contributed by atoms with Gasteiger partial charge in [0.1, 0.15) is 17.8 Å². The molecule has 4 rings (SSSR count). The quantitative estimate of drug-likeness (QED) is 0.364. The van der Waals surface area contributed by atoms with E-state index in [1.165, 1.54) is 17.0 Å². The van der Waals surface area contributed by atoms with Gasteiger partial charge < -0.3 is 19.2 Å². The molecule has 0 aliphatic carbocycles. The molecular weight excluding hydrogens is 424 g/mol. The number of amides is 1. The maximum absolute atomic E-state index is 13.0. The zero-order valence-corrected chi connectivity index (χ0v) is 17.6. The Balaban J connectivity index is 1.74. The van der Waals surface area contributed by atoms with Gasteiger partial charge in [-0.2, -0.15) is 5.26 Å². The van der Waals surface area contributed by atoms with Gasteiger partial charge in [-0.05, 0) is 30.5 Å². The van der Waals surface area contributed by atoms with Crippen molar-refractivity contribution in [2.45, 2.75) is 18.8 Å².